The monoisotopic (exact) mass is 198 g/mol. The fourth-order valence-electron chi connectivity index (χ4n) is 2.69. The molecule has 1 fully saturated rings. The van der Waals surface area contributed by atoms with E-state index >= 15 is 0 Å². The first-order chi connectivity index (χ1) is 6.81. The molecule has 1 aliphatic carbocycles. The van der Waals surface area contributed by atoms with Gasteiger partial charge in [0, 0.05) is 6.54 Å². The molecule has 84 valence electrons. The molecule has 1 saturated carbocycles. The summed E-state index contributed by atoms with van der Waals surface area (Å²) in [5.74, 6) is 1.69. The third-order valence-electron chi connectivity index (χ3n) is 3.60. The van der Waals surface area contributed by atoms with Gasteiger partial charge in [0.1, 0.15) is 0 Å². The highest BCUT2D eigenvalue weighted by atomic mass is 15.1. The quantitative estimate of drug-likeness (QED) is 0.708. The first-order valence-electron chi connectivity index (χ1n) is 6.24. The van der Waals surface area contributed by atoms with Gasteiger partial charge in [0.15, 0.2) is 0 Å². The molecular formula is C12H26N2. The van der Waals surface area contributed by atoms with Gasteiger partial charge in [0.05, 0.1) is 0 Å². The maximum absolute atomic E-state index is 5.80. The fraction of sp³-hybridized carbons (Fsp3) is 1.00. The van der Waals surface area contributed by atoms with Crippen molar-refractivity contribution in [1.82, 2.24) is 4.90 Å². The molecule has 1 aliphatic rings. The van der Waals surface area contributed by atoms with Gasteiger partial charge in [-0.3, -0.25) is 0 Å². The largest absolute Gasteiger partial charge is 0.330 e. The zero-order valence-corrected chi connectivity index (χ0v) is 9.84. The molecular weight excluding hydrogens is 172 g/mol. The van der Waals surface area contributed by atoms with E-state index < -0.39 is 0 Å². The van der Waals surface area contributed by atoms with Crippen LogP contribution in [-0.4, -0.2) is 31.1 Å². The van der Waals surface area contributed by atoms with Gasteiger partial charge in [0.2, 0.25) is 0 Å². The van der Waals surface area contributed by atoms with Crippen LogP contribution in [0.1, 0.15) is 39.5 Å². The molecule has 0 aromatic rings. The van der Waals surface area contributed by atoms with Crippen LogP contribution in [0.4, 0.5) is 0 Å². The van der Waals surface area contributed by atoms with Crippen molar-refractivity contribution in [2.45, 2.75) is 39.5 Å². The Kier molecular flexibility index (Phi) is 5.49. The van der Waals surface area contributed by atoms with Gasteiger partial charge in [-0.15, -0.1) is 0 Å². The van der Waals surface area contributed by atoms with Crippen LogP contribution < -0.4 is 5.73 Å². The van der Waals surface area contributed by atoms with Crippen molar-refractivity contribution >= 4 is 0 Å². The average Bonchev–Trinajstić information content (AvgIpc) is 2.64. The van der Waals surface area contributed by atoms with Crippen molar-refractivity contribution in [3.63, 3.8) is 0 Å². The Labute approximate surface area is 88.8 Å². The minimum absolute atomic E-state index is 0.806. The van der Waals surface area contributed by atoms with Gasteiger partial charge in [0.25, 0.3) is 0 Å². The molecule has 0 saturated heterocycles. The summed E-state index contributed by atoms with van der Waals surface area (Å²) in [6.45, 7) is 9.16. The van der Waals surface area contributed by atoms with E-state index in [0.717, 1.165) is 18.4 Å². The van der Waals surface area contributed by atoms with Crippen LogP contribution in [-0.2, 0) is 0 Å². The summed E-state index contributed by atoms with van der Waals surface area (Å²) in [7, 11) is 0. The van der Waals surface area contributed by atoms with Crippen LogP contribution in [0.3, 0.4) is 0 Å². The van der Waals surface area contributed by atoms with Gasteiger partial charge in [-0.25, -0.2) is 0 Å². The normalized spacial score (nSPS) is 27.4. The number of hydrogen-bond acceptors (Lipinski definition) is 2. The van der Waals surface area contributed by atoms with Gasteiger partial charge < -0.3 is 10.6 Å². The zero-order valence-electron chi connectivity index (χ0n) is 9.84. The smallest absolute Gasteiger partial charge is 0.00127 e. The topological polar surface area (TPSA) is 29.3 Å². The summed E-state index contributed by atoms with van der Waals surface area (Å²) in [6.07, 6.45) is 5.44. The van der Waals surface area contributed by atoms with Crippen LogP contribution in [0.5, 0.6) is 0 Å². The van der Waals surface area contributed by atoms with E-state index in [9.17, 15) is 0 Å². The lowest BCUT2D eigenvalue weighted by atomic mass is 9.95. The predicted octanol–water partition coefficient (Wildman–Crippen LogP) is 2.09. The summed E-state index contributed by atoms with van der Waals surface area (Å²) in [5, 5.41) is 0. The molecule has 0 heterocycles. The molecule has 2 N–H and O–H groups in total. The molecule has 2 atom stereocenters. The Morgan fingerprint density at radius 3 is 2.50 bits per heavy atom. The van der Waals surface area contributed by atoms with E-state index in [0.29, 0.717) is 0 Å². The second-order valence-electron chi connectivity index (χ2n) is 4.58. The number of nitrogens with zero attached hydrogens (tertiary/aromatic N) is 1. The van der Waals surface area contributed by atoms with E-state index in [-0.39, 0.29) is 0 Å². The van der Waals surface area contributed by atoms with Crippen LogP contribution in [0.25, 0.3) is 0 Å². The second-order valence-corrected chi connectivity index (χ2v) is 4.58. The fourth-order valence-corrected chi connectivity index (χ4v) is 2.69. The molecule has 0 spiro atoms. The minimum Gasteiger partial charge on any atom is -0.330 e. The van der Waals surface area contributed by atoms with E-state index in [4.69, 9.17) is 5.73 Å². The number of rotatable bonds is 6. The van der Waals surface area contributed by atoms with E-state index in [1.807, 2.05) is 0 Å². The standard InChI is InChI=1S/C12H26N2/c1-3-8-14(4-2)10-12-7-5-6-11(12)9-13/h11-12H,3-10,13H2,1-2H3. The molecule has 14 heavy (non-hydrogen) atoms. The summed E-state index contributed by atoms with van der Waals surface area (Å²) in [6, 6.07) is 0. The molecule has 0 aromatic heterocycles. The van der Waals surface area contributed by atoms with Crippen molar-refractivity contribution in [3.05, 3.63) is 0 Å². The van der Waals surface area contributed by atoms with E-state index in [1.165, 1.54) is 45.3 Å². The Morgan fingerprint density at radius 2 is 1.93 bits per heavy atom. The average molecular weight is 198 g/mol. The highest BCUT2D eigenvalue weighted by molar-refractivity contribution is 4.80. The molecule has 0 aromatic carbocycles. The molecule has 1 rings (SSSR count). The van der Waals surface area contributed by atoms with E-state index in [1.54, 1.807) is 0 Å². The molecule has 2 nitrogen and oxygen atoms in total. The SMILES string of the molecule is CCCN(CC)CC1CCCC1CN. The van der Waals surface area contributed by atoms with Gasteiger partial charge in [-0.05, 0) is 50.7 Å². The van der Waals surface area contributed by atoms with Crippen molar-refractivity contribution < 1.29 is 0 Å². The molecule has 2 heteroatoms. The lowest BCUT2D eigenvalue weighted by Gasteiger charge is -2.26. The Balaban J connectivity index is 2.32. The summed E-state index contributed by atoms with van der Waals surface area (Å²) in [5.41, 5.74) is 5.80. The first-order valence-corrected chi connectivity index (χ1v) is 6.24. The van der Waals surface area contributed by atoms with Gasteiger partial charge in [-0.2, -0.15) is 0 Å². The van der Waals surface area contributed by atoms with Gasteiger partial charge >= 0.3 is 0 Å². The van der Waals surface area contributed by atoms with Crippen LogP contribution in [0.15, 0.2) is 0 Å². The third-order valence-corrected chi connectivity index (χ3v) is 3.60. The van der Waals surface area contributed by atoms with Crippen molar-refractivity contribution in [1.29, 1.82) is 0 Å². The highest BCUT2D eigenvalue weighted by Crippen LogP contribution is 2.31. The lowest BCUT2D eigenvalue weighted by Crippen LogP contribution is -2.33. The molecule has 0 aliphatic heterocycles. The summed E-state index contributed by atoms with van der Waals surface area (Å²) >= 11 is 0. The zero-order chi connectivity index (χ0) is 10.4. The maximum Gasteiger partial charge on any atom is 0.00127 e. The van der Waals surface area contributed by atoms with Crippen LogP contribution in [0, 0.1) is 11.8 Å². The third kappa shape index (κ3) is 3.25. The molecule has 0 amide bonds. The molecule has 0 radical (unpaired) electrons. The maximum atomic E-state index is 5.80. The molecule has 2 unspecified atom stereocenters. The molecule has 0 bridgehead atoms. The predicted molar refractivity (Wildman–Crippen MR) is 62.3 cm³/mol. The minimum atomic E-state index is 0.806. The first kappa shape index (κ1) is 12.0. The second kappa shape index (κ2) is 6.41. The summed E-state index contributed by atoms with van der Waals surface area (Å²) in [4.78, 5) is 2.58. The van der Waals surface area contributed by atoms with Crippen LogP contribution >= 0.6 is 0 Å². The lowest BCUT2D eigenvalue weighted by molar-refractivity contribution is 0.215. The Hall–Kier alpha value is -0.0800. The number of hydrogen-bond donors (Lipinski definition) is 1. The van der Waals surface area contributed by atoms with E-state index in [2.05, 4.69) is 18.7 Å². The van der Waals surface area contributed by atoms with Crippen molar-refractivity contribution in [2.24, 2.45) is 17.6 Å². The van der Waals surface area contributed by atoms with Crippen molar-refractivity contribution in [3.8, 4) is 0 Å². The van der Waals surface area contributed by atoms with Crippen LogP contribution in [0.2, 0.25) is 0 Å². The highest BCUT2D eigenvalue weighted by Gasteiger charge is 2.26. The summed E-state index contributed by atoms with van der Waals surface area (Å²) < 4.78 is 0. The van der Waals surface area contributed by atoms with Gasteiger partial charge in [-0.1, -0.05) is 20.3 Å². The number of nitrogens with two attached hydrogens (primary N) is 1. The Morgan fingerprint density at radius 1 is 1.21 bits per heavy atom. The Bertz CT molecular complexity index is 147. The van der Waals surface area contributed by atoms with Crippen molar-refractivity contribution in [2.75, 3.05) is 26.2 Å².